The van der Waals surface area contributed by atoms with Crippen LogP contribution in [0.2, 0.25) is 0 Å². The van der Waals surface area contributed by atoms with Crippen LogP contribution >= 0.6 is 27.7 Å². The summed E-state index contributed by atoms with van der Waals surface area (Å²) >= 11 is 5.11. The molecule has 3 aromatic rings. The summed E-state index contributed by atoms with van der Waals surface area (Å²) in [5, 5.41) is 3.31. The van der Waals surface area contributed by atoms with E-state index in [9.17, 15) is 9.59 Å². The highest BCUT2D eigenvalue weighted by atomic mass is 79.9. The molecule has 1 aliphatic rings. The molecule has 0 spiro atoms. The van der Waals surface area contributed by atoms with Crippen molar-refractivity contribution in [3.63, 3.8) is 0 Å². The first-order chi connectivity index (χ1) is 18.5. The Morgan fingerprint density at radius 2 is 1.63 bits per heavy atom. The number of hydrogen-bond acceptors (Lipinski definition) is 3. The number of nitrogens with zero attached hydrogens (tertiary/aromatic N) is 1. The topological polar surface area (TPSA) is 49.4 Å². The van der Waals surface area contributed by atoms with Gasteiger partial charge in [0.15, 0.2) is 0 Å². The molecule has 0 bridgehead atoms. The number of rotatable bonds is 11. The Balaban J connectivity index is 1.56. The van der Waals surface area contributed by atoms with Crippen LogP contribution in [-0.2, 0) is 28.3 Å². The van der Waals surface area contributed by atoms with Gasteiger partial charge >= 0.3 is 0 Å². The predicted molar refractivity (Wildman–Crippen MR) is 161 cm³/mol. The molecule has 3 aromatic carbocycles. The van der Waals surface area contributed by atoms with Gasteiger partial charge in [-0.1, -0.05) is 107 Å². The van der Waals surface area contributed by atoms with Gasteiger partial charge in [-0.25, -0.2) is 0 Å². The SMILES string of the molecule is Cc1cccc(CSCC(=O)N(Cc2ccc(Br)cc2)[C@H](Cc2ccccc2)C(=O)NC2CCCCC2)c1. The molecule has 1 aliphatic carbocycles. The Labute approximate surface area is 239 Å². The molecule has 0 aromatic heterocycles. The first kappa shape index (κ1) is 28.4. The number of carbonyl (C=O) groups is 2. The van der Waals surface area contributed by atoms with E-state index in [1.54, 1.807) is 16.7 Å². The molecular formula is C32H37BrN2O2S. The molecule has 200 valence electrons. The molecule has 1 saturated carbocycles. The van der Waals surface area contributed by atoms with Gasteiger partial charge in [0, 0.05) is 29.2 Å². The van der Waals surface area contributed by atoms with Crippen LogP contribution in [-0.4, -0.2) is 34.6 Å². The lowest BCUT2D eigenvalue weighted by Crippen LogP contribution is -2.53. The quantitative estimate of drug-likeness (QED) is 0.259. The van der Waals surface area contributed by atoms with Gasteiger partial charge in [0.2, 0.25) is 11.8 Å². The summed E-state index contributed by atoms with van der Waals surface area (Å²) in [5.41, 5.74) is 4.48. The van der Waals surface area contributed by atoms with Crippen molar-refractivity contribution in [1.82, 2.24) is 10.2 Å². The fraction of sp³-hybridized carbons (Fsp3) is 0.375. The van der Waals surface area contributed by atoms with Crippen molar-refractivity contribution < 1.29 is 9.59 Å². The first-order valence-electron chi connectivity index (χ1n) is 13.5. The minimum Gasteiger partial charge on any atom is -0.352 e. The van der Waals surface area contributed by atoms with E-state index in [2.05, 4.69) is 52.4 Å². The number of aryl methyl sites for hydroxylation is 1. The summed E-state index contributed by atoms with van der Waals surface area (Å²) in [6, 6.07) is 26.0. The predicted octanol–water partition coefficient (Wildman–Crippen LogP) is 7.08. The normalized spacial score (nSPS) is 14.6. The van der Waals surface area contributed by atoms with Crippen LogP contribution in [0.5, 0.6) is 0 Å². The summed E-state index contributed by atoms with van der Waals surface area (Å²) < 4.78 is 0.990. The first-order valence-corrected chi connectivity index (χ1v) is 15.4. The van der Waals surface area contributed by atoms with Gasteiger partial charge in [-0.2, -0.15) is 0 Å². The molecule has 6 heteroatoms. The maximum atomic E-state index is 13.8. The summed E-state index contributed by atoms with van der Waals surface area (Å²) in [7, 11) is 0. The van der Waals surface area contributed by atoms with Gasteiger partial charge in [0.1, 0.15) is 6.04 Å². The maximum absolute atomic E-state index is 13.8. The van der Waals surface area contributed by atoms with Crippen molar-refractivity contribution in [2.45, 2.75) is 69.8 Å². The van der Waals surface area contributed by atoms with Crippen molar-refractivity contribution in [3.05, 3.63) is 106 Å². The van der Waals surface area contributed by atoms with Crippen molar-refractivity contribution in [3.8, 4) is 0 Å². The number of nitrogens with one attached hydrogen (secondary N) is 1. The number of thioether (sulfide) groups is 1. The highest BCUT2D eigenvalue weighted by molar-refractivity contribution is 9.10. The van der Waals surface area contributed by atoms with E-state index < -0.39 is 6.04 Å². The smallest absolute Gasteiger partial charge is 0.243 e. The zero-order chi connectivity index (χ0) is 26.7. The highest BCUT2D eigenvalue weighted by Crippen LogP contribution is 2.22. The molecule has 38 heavy (non-hydrogen) atoms. The third-order valence-electron chi connectivity index (χ3n) is 7.07. The third-order valence-corrected chi connectivity index (χ3v) is 8.58. The van der Waals surface area contributed by atoms with Crippen molar-refractivity contribution in [2.75, 3.05) is 5.75 Å². The fourth-order valence-electron chi connectivity index (χ4n) is 5.03. The molecule has 4 nitrogen and oxygen atoms in total. The fourth-order valence-corrected chi connectivity index (χ4v) is 6.15. The summed E-state index contributed by atoms with van der Waals surface area (Å²) in [6.07, 6.45) is 6.03. The monoisotopic (exact) mass is 592 g/mol. The summed E-state index contributed by atoms with van der Waals surface area (Å²) in [5.74, 6) is 1.03. The van der Waals surface area contributed by atoms with E-state index in [-0.39, 0.29) is 17.9 Å². The largest absolute Gasteiger partial charge is 0.352 e. The number of amides is 2. The van der Waals surface area contributed by atoms with Gasteiger partial charge in [-0.15, -0.1) is 11.8 Å². The van der Waals surface area contributed by atoms with Crippen LogP contribution in [0.15, 0.2) is 83.3 Å². The van der Waals surface area contributed by atoms with Crippen LogP contribution in [0.4, 0.5) is 0 Å². The molecular weight excluding hydrogens is 556 g/mol. The van der Waals surface area contributed by atoms with Crippen LogP contribution < -0.4 is 5.32 Å². The number of halogens is 1. The Bertz CT molecular complexity index is 1180. The molecule has 0 unspecified atom stereocenters. The average Bonchev–Trinajstić information content (AvgIpc) is 2.93. The standard InChI is InChI=1S/C32H37BrN2O2S/c1-24-9-8-12-27(19-24)22-38-23-31(36)35(21-26-15-17-28(33)18-16-26)30(20-25-10-4-2-5-11-25)32(37)34-29-13-6-3-7-14-29/h2,4-5,8-12,15-19,29-30H,3,6-7,13-14,20-23H2,1H3,(H,34,37)/t30-/m1/s1. The summed E-state index contributed by atoms with van der Waals surface area (Å²) in [4.78, 5) is 29.4. The molecule has 1 N–H and O–H groups in total. The zero-order valence-electron chi connectivity index (χ0n) is 22.1. The van der Waals surface area contributed by atoms with Crippen molar-refractivity contribution in [1.29, 1.82) is 0 Å². The minimum absolute atomic E-state index is 0.00898. The lowest BCUT2D eigenvalue weighted by atomic mass is 9.94. The Morgan fingerprint density at radius 1 is 0.921 bits per heavy atom. The van der Waals surface area contributed by atoms with E-state index in [1.165, 1.54) is 17.5 Å². The van der Waals surface area contributed by atoms with Gasteiger partial charge in [0.25, 0.3) is 0 Å². The Hall–Kier alpha value is -2.57. The average molecular weight is 594 g/mol. The van der Waals surface area contributed by atoms with Gasteiger partial charge in [-0.3, -0.25) is 9.59 Å². The molecule has 4 rings (SSSR count). The molecule has 0 aliphatic heterocycles. The second-order valence-electron chi connectivity index (χ2n) is 10.2. The number of hydrogen-bond donors (Lipinski definition) is 1. The maximum Gasteiger partial charge on any atom is 0.243 e. The third kappa shape index (κ3) is 8.74. The highest BCUT2D eigenvalue weighted by Gasteiger charge is 2.31. The number of carbonyl (C=O) groups excluding carboxylic acids is 2. The second-order valence-corrected chi connectivity index (χ2v) is 12.1. The Kier molecular flexibility index (Phi) is 10.9. The van der Waals surface area contributed by atoms with Crippen LogP contribution in [0.25, 0.3) is 0 Å². The lowest BCUT2D eigenvalue weighted by molar-refractivity contribution is -0.139. The van der Waals surface area contributed by atoms with Crippen LogP contribution in [0.3, 0.4) is 0 Å². The second kappa shape index (κ2) is 14.5. The minimum atomic E-state index is -0.574. The van der Waals surface area contributed by atoms with Crippen LogP contribution in [0.1, 0.15) is 54.4 Å². The van der Waals surface area contributed by atoms with Crippen molar-refractivity contribution in [2.24, 2.45) is 0 Å². The van der Waals surface area contributed by atoms with Crippen LogP contribution in [0, 0.1) is 6.92 Å². The van der Waals surface area contributed by atoms with E-state index in [4.69, 9.17) is 0 Å². The molecule has 0 heterocycles. The lowest BCUT2D eigenvalue weighted by Gasteiger charge is -2.33. The summed E-state index contributed by atoms with van der Waals surface area (Å²) in [6.45, 7) is 2.48. The zero-order valence-corrected chi connectivity index (χ0v) is 24.5. The molecule has 1 atom stereocenters. The van der Waals surface area contributed by atoms with Gasteiger partial charge < -0.3 is 10.2 Å². The molecule has 0 radical (unpaired) electrons. The van der Waals surface area contributed by atoms with E-state index in [0.29, 0.717) is 18.7 Å². The Morgan fingerprint density at radius 3 is 2.34 bits per heavy atom. The van der Waals surface area contributed by atoms with E-state index in [1.807, 2.05) is 54.6 Å². The molecule has 1 fully saturated rings. The number of benzene rings is 3. The van der Waals surface area contributed by atoms with E-state index >= 15 is 0 Å². The molecule has 2 amide bonds. The van der Waals surface area contributed by atoms with Crippen molar-refractivity contribution >= 4 is 39.5 Å². The van der Waals surface area contributed by atoms with E-state index in [0.717, 1.165) is 47.0 Å². The van der Waals surface area contributed by atoms with Gasteiger partial charge in [0.05, 0.1) is 5.75 Å². The molecule has 0 saturated heterocycles. The van der Waals surface area contributed by atoms with Gasteiger partial charge in [-0.05, 0) is 48.6 Å².